The molecule has 9 nitrogen and oxygen atoms in total. The van der Waals surface area contributed by atoms with E-state index in [-0.39, 0.29) is 50.1 Å². The Balaban J connectivity index is 1.27. The fourth-order valence-corrected chi connectivity index (χ4v) is 9.37. The van der Waals surface area contributed by atoms with Crippen molar-refractivity contribution in [2.75, 3.05) is 0 Å². The molecule has 68 heavy (non-hydrogen) atoms. The van der Waals surface area contributed by atoms with E-state index in [1.54, 1.807) is 42.5 Å². The topological polar surface area (TPSA) is 176 Å². The Morgan fingerprint density at radius 2 is 0.794 bits per heavy atom. The van der Waals surface area contributed by atoms with E-state index >= 15 is 0 Å². The number of hydrogen-bond donors (Lipinski definition) is 0. The zero-order chi connectivity index (χ0) is 47.4. The predicted molar refractivity (Wildman–Crippen MR) is 249 cm³/mol. The van der Waals surface area contributed by atoms with Crippen LogP contribution < -0.4 is 0 Å². The van der Waals surface area contributed by atoms with Gasteiger partial charge in [0.15, 0.2) is 0 Å². The Bertz CT molecular complexity index is 4110. The lowest BCUT2D eigenvalue weighted by molar-refractivity contribution is -0.137. The zero-order valence-electron chi connectivity index (χ0n) is 35.0. The van der Waals surface area contributed by atoms with Gasteiger partial charge < -0.3 is 9.13 Å². The number of fused-ring (bicyclic) bond motifs is 6. The lowest BCUT2D eigenvalue weighted by Gasteiger charge is -2.21. The van der Waals surface area contributed by atoms with Crippen molar-refractivity contribution in [3.05, 3.63) is 190 Å². The molecule has 0 aliphatic carbocycles. The molecule has 0 aliphatic heterocycles. The van der Waals surface area contributed by atoms with Gasteiger partial charge in [0, 0.05) is 43.8 Å². The quantitative estimate of drug-likeness (QED) is 0.165. The van der Waals surface area contributed by atoms with Crippen LogP contribution in [-0.2, 0) is 6.18 Å². The van der Waals surface area contributed by atoms with E-state index in [9.17, 15) is 50.0 Å². The van der Waals surface area contributed by atoms with Crippen LogP contribution in [0.4, 0.5) is 13.2 Å². The van der Waals surface area contributed by atoms with Crippen LogP contribution in [0, 0.1) is 79.3 Å². The first-order chi connectivity index (χ1) is 33.0. The molecule has 0 saturated carbocycles. The van der Waals surface area contributed by atoms with Gasteiger partial charge >= 0.3 is 6.18 Å². The summed E-state index contributed by atoms with van der Waals surface area (Å²) in [6.07, 6.45) is -4.78. The van der Waals surface area contributed by atoms with Crippen molar-refractivity contribution >= 4 is 43.6 Å². The number of halogens is 3. The smallest absolute Gasteiger partial charge is 0.309 e. The summed E-state index contributed by atoms with van der Waals surface area (Å²) in [6, 6.07) is 54.3. The average molecular weight is 880 g/mol. The van der Waals surface area contributed by atoms with Crippen LogP contribution in [0.5, 0.6) is 0 Å². The number of hydrogen-bond acceptors (Lipinski definition) is 7. The summed E-state index contributed by atoms with van der Waals surface area (Å²) in [5, 5.41) is 73.4. The maximum atomic E-state index is 14.9. The molecular formula is C56H24F3N9. The molecule has 2 heterocycles. The molecule has 0 N–H and O–H groups in total. The van der Waals surface area contributed by atoms with E-state index in [0.29, 0.717) is 71.9 Å². The lowest BCUT2D eigenvalue weighted by atomic mass is 9.92. The third-order valence-electron chi connectivity index (χ3n) is 12.2. The molecule has 12 heteroatoms. The standard InChI is InChI=1S/C56H24F3N9/c57-56(58,59)41-14-17-51(67-47-9-3-1-7-42(47)44-22-34(12-15-49(44)67)53-37(28-63)18-32(25-60)19-38(53)29-64)46(24-41)55-36(27-62)6-5-11-52(55)68-48-10-4-2-8-43(48)45-23-35(13-16-50(45)68)54-39(30-65)20-33(26-61)21-40(54)31-66/h1-24H. The van der Waals surface area contributed by atoms with Gasteiger partial charge in [0.2, 0.25) is 0 Å². The van der Waals surface area contributed by atoms with Gasteiger partial charge in [-0.05, 0) is 102 Å². The number of aromatic nitrogens is 2. The first-order valence-corrected chi connectivity index (χ1v) is 20.6. The van der Waals surface area contributed by atoms with E-state index in [4.69, 9.17) is 0 Å². The minimum absolute atomic E-state index is 0.0949. The fourth-order valence-electron chi connectivity index (χ4n) is 9.37. The first-order valence-electron chi connectivity index (χ1n) is 20.6. The molecule has 8 aromatic carbocycles. The highest BCUT2D eigenvalue weighted by Crippen LogP contribution is 2.45. The lowest BCUT2D eigenvalue weighted by Crippen LogP contribution is -2.08. The van der Waals surface area contributed by atoms with Crippen LogP contribution >= 0.6 is 0 Å². The Hall–Kier alpha value is -10.4. The molecule has 10 rings (SSSR count). The second-order valence-electron chi connectivity index (χ2n) is 15.8. The van der Waals surface area contributed by atoms with Crippen LogP contribution in [0.15, 0.2) is 146 Å². The molecule has 0 aliphatic rings. The second-order valence-corrected chi connectivity index (χ2v) is 15.8. The molecule has 2 aromatic heterocycles. The van der Waals surface area contributed by atoms with Gasteiger partial charge in [-0.1, -0.05) is 54.6 Å². The highest BCUT2D eigenvalue weighted by atomic mass is 19.4. The highest BCUT2D eigenvalue weighted by molar-refractivity contribution is 6.13. The summed E-state index contributed by atoms with van der Waals surface area (Å²) in [5.41, 5.74) is 5.25. The van der Waals surface area contributed by atoms with Crippen molar-refractivity contribution in [3.63, 3.8) is 0 Å². The molecule has 0 fully saturated rings. The van der Waals surface area contributed by atoms with Crippen LogP contribution in [0.1, 0.15) is 44.5 Å². The Labute approximate surface area is 384 Å². The van der Waals surface area contributed by atoms with Gasteiger partial charge in [0.1, 0.15) is 0 Å². The van der Waals surface area contributed by atoms with E-state index in [1.165, 1.54) is 30.3 Å². The highest BCUT2D eigenvalue weighted by Gasteiger charge is 2.33. The summed E-state index contributed by atoms with van der Waals surface area (Å²) in [6.45, 7) is 0. The van der Waals surface area contributed by atoms with Crippen molar-refractivity contribution in [3.8, 4) is 87.2 Å². The normalized spacial score (nSPS) is 11.1. The Morgan fingerprint density at radius 1 is 0.353 bits per heavy atom. The summed E-state index contributed by atoms with van der Waals surface area (Å²) in [7, 11) is 0. The zero-order valence-corrected chi connectivity index (χ0v) is 35.0. The summed E-state index contributed by atoms with van der Waals surface area (Å²) in [4.78, 5) is 0. The minimum Gasteiger partial charge on any atom is -0.309 e. The van der Waals surface area contributed by atoms with Gasteiger partial charge in [-0.25, -0.2) is 0 Å². The van der Waals surface area contributed by atoms with Crippen molar-refractivity contribution < 1.29 is 13.2 Å². The Morgan fingerprint density at radius 3 is 1.24 bits per heavy atom. The third-order valence-corrected chi connectivity index (χ3v) is 12.2. The molecule has 0 amide bonds. The molecule has 0 bridgehead atoms. The maximum Gasteiger partial charge on any atom is 0.416 e. The van der Waals surface area contributed by atoms with Gasteiger partial charge in [0.25, 0.3) is 0 Å². The monoisotopic (exact) mass is 879 g/mol. The summed E-state index contributed by atoms with van der Waals surface area (Å²) >= 11 is 0. The van der Waals surface area contributed by atoms with Crippen molar-refractivity contribution in [2.24, 2.45) is 0 Å². The number of nitrogens with zero attached hydrogens (tertiary/aromatic N) is 9. The van der Waals surface area contributed by atoms with Crippen molar-refractivity contribution in [1.29, 1.82) is 36.8 Å². The second kappa shape index (κ2) is 16.0. The fraction of sp³-hybridized carbons (Fsp3) is 0.0179. The van der Waals surface area contributed by atoms with E-state index < -0.39 is 11.7 Å². The number of alkyl halides is 3. The number of para-hydroxylation sites is 2. The molecule has 0 unspecified atom stereocenters. The van der Waals surface area contributed by atoms with E-state index in [0.717, 1.165) is 17.5 Å². The molecule has 0 radical (unpaired) electrons. The maximum absolute atomic E-state index is 14.9. The molecule has 0 spiro atoms. The Kier molecular flexibility index (Phi) is 9.77. The minimum atomic E-state index is -4.78. The van der Waals surface area contributed by atoms with Crippen LogP contribution in [0.3, 0.4) is 0 Å². The van der Waals surface area contributed by atoms with Gasteiger partial charge in [-0.15, -0.1) is 0 Å². The van der Waals surface area contributed by atoms with E-state index in [1.807, 2.05) is 81.9 Å². The summed E-state index contributed by atoms with van der Waals surface area (Å²) in [5.74, 6) is 0. The van der Waals surface area contributed by atoms with Crippen LogP contribution in [0.2, 0.25) is 0 Å². The molecule has 0 saturated heterocycles. The average Bonchev–Trinajstić information content (AvgIpc) is 3.88. The number of rotatable bonds is 5. The van der Waals surface area contributed by atoms with Gasteiger partial charge in [-0.2, -0.15) is 50.0 Å². The van der Waals surface area contributed by atoms with Crippen molar-refractivity contribution in [2.45, 2.75) is 6.18 Å². The van der Waals surface area contributed by atoms with Crippen LogP contribution in [-0.4, -0.2) is 9.13 Å². The first kappa shape index (κ1) is 41.6. The largest absolute Gasteiger partial charge is 0.416 e. The number of nitriles is 7. The molecule has 0 atom stereocenters. The third kappa shape index (κ3) is 6.42. The van der Waals surface area contributed by atoms with E-state index in [2.05, 4.69) is 30.3 Å². The molecule has 314 valence electrons. The summed E-state index contributed by atoms with van der Waals surface area (Å²) < 4.78 is 48.6. The van der Waals surface area contributed by atoms with Crippen molar-refractivity contribution in [1.82, 2.24) is 9.13 Å². The predicted octanol–water partition coefficient (Wildman–Crippen LogP) is 13.0. The molecular weight excluding hydrogens is 856 g/mol. The SMILES string of the molecule is N#Cc1cc(C#N)c(-c2ccc3c(c2)c2ccccc2n3-c2ccc(C(F)(F)F)cc2-c2c(C#N)cccc2-n2c3ccccc3c3cc(-c4c(C#N)cc(C#N)cc4C#N)ccc32)c(C#N)c1. The van der Waals surface area contributed by atoms with Gasteiger partial charge in [0.05, 0.1) is 120 Å². The van der Waals surface area contributed by atoms with Gasteiger partial charge in [-0.3, -0.25) is 0 Å². The number of benzene rings is 8. The molecule has 10 aromatic rings. The van der Waals surface area contributed by atoms with Crippen LogP contribution in [0.25, 0.3) is 88.4 Å².